The standard InChI is InChI=1S/C20H27N5OS/c1-12-18(27-13(2)21-12)19(26)25-10-14-8-24(9-15(14)11-25)17-7-6-16(22-23-17)20(3,4)5/h6-7,14-15H,8-11H2,1-5H3. The molecule has 0 radical (unpaired) electrons. The van der Waals surface area contributed by atoms with Crippen LogP contribution in [0.2, 0.25) is 0 Å². The van der Waals surface area contributed by atoms with E-state index in [1.54, 1.807) is 0 Å². The van der Waals surface area contributed by atoms with Crippen molar-refractivity contribution in [1.29, 1.82) is 0 Å². The second-order valence-corrected chi connectivity index (χ2v) is 10.0. The van der Waals surface area contributed by atoms with Gasteiger partial charge < -0.3 is 9.80 Å². The largest absolute Gasteiger partial charge is 0.354 e. The van der Waals surface area contributed by atoms with Crippen LogP contribution in [-0.2, 0) is 5.41 Å². The van der Waals surface area contributed by atoms with Crippen LogP contribution in [0.15, 0.2) is 12.1 Å². The molecule has 2 fully saturated rings. The van der Waals surface area contributed by atoms with Gasteiger partial charge in [0, 0.05) is 43.4 Å². The number of hydrogen-bond acceptors (Lipinski definition) is 6. The smallest absolute Gasteiger partial charge is 0.265 e. The van der Waals surface area contributed by atoms with Gasteiger partial charge in [0.05, 0.1) is 16.4 Å². The molecule has 27 heavy (non-hydrogen) atoms. The molecule has 0 aliphatic carbocycles. The van der Waals surface area contributed by atoms with E-state index in [-0.39, 0.29) is 11.3 Å². The van der Waals surface area contributed by atoms with Crippen LogP contribution in [0.25, 0.3) is 0 Å². The first-order chi connectivity index (χ1) is 12.7. The fourth-order valence-corrected chi connectivity index (χ4v) is 5.00. The summed E-state index contributed by atoms with van der Waals surface area (Å²) in [5.74, 6) is 2.11. The lowest BCUT2D eigenvalue weighted by atomic mass is 9.92. The zero-order valence-electron chi connectivity index (χ0n) is 16.7. The number of aryl methyl sites for hydroxylation is 2. The molecule has 4 heterocycles. The zero-order valence-corrected chi connectivity index (χ0v) is 17.5. The average Bonchev–Trinajstić information content (AvgIpc) is 3.26. The van der Waals surface area contributed by atoms with Gasteiger partial charge in [0.1, 0.15) is 4.88 Å². The highest BCUT2D eigenvalue weighted by Gasteiger charge is 2.42. The number of carbonyl (C=O) groups is 1. The minimum atomic E-state index is 0.0149. The van der Waals surface area contributed by atoms with Crippen LogP contribution in [0, 0.1) is 25.7 Å². The molecule has 0 bridgehead atoms. The number of aromatic nitrogens is 3. The van der Waals surface area contributed by atoms with Crippen molar-refractivity contribution >= 4 is 23.1 Å². The first-order valence-corrected chi connectivity index (χ1v) is 10.4. The molecule has 2 aromatic rings. The van der Waals surface area contributed by atoms with Crippen LogP contribution in [0.5, 0.6) is 0 Å². The molecule has 0 spiro atoms. The molecule has 0 N–H and O–H groups in total. The molecule has 2 unspecified atom stereocenters. The third-order valence-electron chi connectivity index (χ3n) is 5.61. The van der Waals surface area contributed by atoms with Gasteiger partial charge in [-0.1, -0.05) is 20.8 Å². The first kappa shape index (κ1) is 18.3. The maximum atomic E-state index is 12.9. The summed E-state index contributed by atoms with van der Waals surface area (Å²) < 4.78 is 0. The third-order valence-corrected chi connectivity index (χ3v) is 6.67. The molecule has 144 valence electrons. The lowest BCUT2D eigenvalue weighted by Crippen LogP contribution is -2.33. The number of rotatable bonds is 2. The van der Waals surface area contributed by atoms with Crippen LogP contribution < -0.4 is 4.90 Å². The number of carbonyl (C=O) groups excluding carboxylic acids is 1. The van der Waals surface area contributed by atoms with E-state index in [1.165, 1.54) is 11.3 Å². The van der Waals surface area contributed by atoms with Gasteiger partial charge in [-0.05, 0) is 26.0 Å². The van der Waals surface area contributed by atoms with Gasteiger partial charge in [-0.3, -0.25) is 4.79 Å². The Kier molecular flexibility index (Phi) is 4.45. The summed E-state index contributed by atoms with van der Waals surface area (Å²) in [4.78, 5) is 22.4. The van der Waals surface area contributed by atoms with Crippen LogP contribution in [0.4, 0.5) is 5.82 Å². The number of nitrogens with zero attached hydrogens (tertiary/aromatic N) is 5. The summed E-state index contributed by atoms with van der Waals surface area (Å²) in [5, 5.41) is 9.84. The quantitative estimate of drug-likeness (QED) is 0.795. The molecular weight excluding hydrogens is 358 g/mol. The zero-order chi connectivity index (χ0) is 19.3. The van der Waals surface area contributed by atoms with Crippen molar-refractivity contribution in [2.45, 2.75) is 40.0 Å². The van der Waals surface area contributed by atoms with E-state index in [4.69, 9.17) is 0 Å². The summed E-state index contributed by atoms with van der Waals surface area (Å²) in [6.07, 6.45) is 0. The predicted octanol–water partition coefficient (Wildman–Crippen LogP) is 3.06. The van der Waals surface area contributed by atoms with Gasteiger partial charge in [0.25, 0.3) is 5.91 Å². The minimum absolute atomic E-state index is 0.0149. The van der Waals surface area contributed by atoms with Crippen molar-refractivity contribution in [3.8, 4) is 0 Å². The van der Waals surface area contributed by atoms with Gasteiger partial charge in [0.15, 0.2) is 5.82 Å². The number of fused-ring (bicyclic) bond motifs is 1. The van der Waals surface area contributed by atoms with E-state index in [9.17, 15) is 4.79 Å². The summed E-state index contributed by atoms with van der Waals surface area (Å²) in [6, 6.07) is 4.17. The highest BCUT2D eigenvalue weighted by molar-refractivity contribution is 7.13. The Morgan fingerprint density at radius 1 is 1.07 bits per heavy atom. The van der Waals surface area contributed by atoms with E-state index in [0.717, 1.165) is 53.3 Å². The molecule has 7 heteroatoms. The average molecular weight is 386 g/mol. The van der Waals surface area contributed by atoms with Crippen molar-refractivity contribution in [2.75, 3.05) is 31.1 Å². The summed E-state index contributed by atoms with van der Waals surface area (Å²) in [6.45, 7) is 13.9. The van der Waals surface area contributed by atoms with Gasteiger partial charge >= 0.3 is 0 Å². The molecule has 2 aliphatic heterocycles. The maximum Gasteiger partial charge on any atom is 0.265 e. The Bertz CT molecular complexity index is 840. The van der Waals surface area contributed by atoms with E-state index in [0.29, 0.717) is 11.8 Å². The minimum Gasteiger partial charge on any atom is -0.354 e. The fraction of sp³-hybridized carbons (Fsp3) is 0.600. The fourth-order valence-electron chi connectivity index (χ4n) is 4.11. The summed E-state index contributed by atoms with van der Waals surface area (Å²) >= 11 is 1.51. The Balaban J connectivity index is 1.41. The van der Waals surface area contributed by atoms with Crippen molar-refractivity contribution in [1.82, 2.24) is 20.1 Å². The molecule has 2 aliphatic rings. The second-order valence-electron chi connectivity index (χ2n) is 8.81. The number of anilines is 1. The highest BCUT2D eigenvalue weighted by Crippen LogP contribution is 2.35. The molecule has 2 saturated heterocycles. The summed E-state index contributed by atoms with van der Waals surface area (Å²) in [7, 11) is 0. The summed E-state index contributed by atoms with van der Waals surface area (Å²) in [5.41, 5.74) is 1.88. The van der Waals surface area contributed by atoms with Crippen molar-refractivity contribution in [3.63, 3.8) is 0 Å². The van der Waals surface area contributed by atoms with Crippen molar-refractivity contribution < 1.29 is 4.79 Å². The Labute approximate surface area is 164 Å². The topological polar surface area (TPSA) is 62.2 Å². The van der Waals surface area contributed by atoms with Crippen LogP contribution in [0.3, 0.4) is 0 Å². The predicted molar refractivity (Wildman–Crippen MR) is 107 cm³/mol. The Morgan fingerprint density at radius 2 is 1.74 bits per heavy atom. The van der Waals surface area contributed by atoms with Gasteiger partial charge in [-0.25, -0.2) is 4.98 Å². The molecule has 1 amide bonds. The van der Waals surface area contributed by atoms with Gasteiger partial charge in [-0.2, -0.15) is 5.10 Å². The van der Waals surface area contributed by atoms with Gasteiger partial charge in [-0.15, -0.1) is 16.4 Å². The van der Waals surface area contributed by atoms with Crippen LogP contribution in [0.1, 0.15) is 46.8 Å². The lowest BCUT2D eigenvalue weighted by Gasteiger charge is -2.23. The van der Waals surface area contributed by atoms with E-state index >= 15 is 0 Å². The molecule has 6 nitrogen and oxygen atoms in total. The number of hydrogen-bond donors (Lipinski definition) is 0. The van der Waals surface area contributed by atoms with Crippen LogP contribution in [-0.4, -0.2) is 52.2 Å². The molecule has 2 atom stereocenters. The Morgan fingerprint density at radius 3 is 2.22 bits per heavy atom. The SMILES string of the molecule is Cc1nc(C)c(C(=O)N2CC3CN(c4ccc(C(C)(C)C)nn4)CC3C2)s1. The number of thiazole rings is 1. The van der Waals surface area contributed by atoms with E-state index < -0.39 is 0 Å². The third kappa shape index (κ3) is 3.45. The van der Waals surface area contributed by atoms with Gasteiger partial charge in [0.2, 0.25) is 0 Å². The molecule has 0 saturated carbocycles. The monoisotopic (exact) mass is 385 g/mol. The van der Waals surface area contributed by atoms with E-state index in [1.807, 2.05) is 18.7 Å². The maximum absolute atomic E-state index is 12.9. The van der Waals surface area contributed by atoms with Crippen molar-refractivity contribution in [3.05, 3.63) is 33.4 Å². The number of likely N-dealkylation sites (tertiary alicyclic amines) is 1. The second kappa shape index (κ2) is 6.55. The normalized spacial score (nSPS) is 22.4. The highest BCUT2D eigenvalue weighted by atomic mass is 32.1. The lowest BCUT2D eigenvalue weighted by molar-refractivity contribution is 0.0786. The molecule has 4 rings (SSSR count). The molecular formula is C20H27N5OS. The molecule has 0 aromatic carbocycles. The number of amides is 1. The van der Waals surface area contributed by atoms with Crippen molar-refractivity contribution in [2.24, 2.45) is 11.8 Å². The Hall–Kier alpha value is -2.02. The molecule has 2 aromatic heterocycles. The van der Waals surface area contributed by atoms with Crippen LogP contribution >= 0.6 is 11.3 Å². The first-order valence-electron chi connectivity index (χ1n) is 9.55. The van der Waals surface area contributed by atoms with E-state index in [2.05, 4.69) is 53.0 Å².